The molecule has 0 aliphatic carbocycles. The first kappa shape index (κ1) is 15.7. The van der Waals surface area contributed by atoms with Gasteiger partial charge in [0.2, 0.25) is 0 Å². The minimum absolute atomic E-state index is 0.299. The zero-order valence-electron chi connectivity index (χ0n) is 11.9. The molecule has 5 nitrogen and oxygen atoms in total. The van der Waals surface area contributed by atoms with Gasteiger partial charge in [-0.1, -0.05) is 0 Å². The molecule has 0 spiro atoms. The molecule has 1 heterocycles. The van der Waals surface area contributed by atoms with Crippen LogP contribution < -0.4 is 5.32 Å². The van der Waals surface area contributed by atoms with Gasteiger partial charge in [-0.05, 0) is 39.3 Å². The quantitative estimate of drug-likeness (QED) is 0.551. The van der Waals surface area contributed by atoms with Gasteiger partial charge in [0.1, 0.15) is 12.0 Å². The highest BCUT2D eigenvalue weighted by molar-refractivity contribution is 5.88. The van der Waals surface area contributed by atoms with Gasteiger partial charge in [0.05, 0.1) is 25.3 Å². The van der Waals surface area contributed by atoms with Crippen LogP contribution in [0.2, 0.25) is 0 Å². The van der Waals surface area contributed by atoms with Gasteiger partial charge in [0, 0.05) is 6.61 Å². The van der Waals surface area contributed by atoms with Crippen molar-refractivity contribution in [2.45, 2.75) is 39.3 Å². The minimum Gasteiger partial charge on any atom is -0.467 e. The molecule has 0 unspecified atom stereocenters. The second-order valence-electron chi connectivity index (χ2n) is 4.60. The van der Waals surface area contributed by atoms with E-state index in [0.717, 1.165) is 31.8 Å². The molecule has 1 aromatic heterocycles. The number of carbonyl (C=O) groups excluding carboxylic acids is 1. The van der Waals surface area contributed by atoms with Gasteiger partial charge in [-0.3, -0.25) is 0 Å². The van der Waals surface area contributed by atoms with Crippen LogP contribution in [0.15, 0.2) is 16.7 Å². The summed E-state index contributed by atoms with van der Waals surface area (Å²) in [6.45, 7) is 6.38. The van der Waals surface area contributed by atoms with Crippen LogP contribution in [-0.2, 0) is 16.0 Å². The highest BCUT2D eigenvalue weighted by Gasteiger charge is 2.09. The molecule has 0 amide bonds. The molecule has 0 aliphatic heterocycles. The maximum absolute atomic E-state index is 11.2. The normalized spacial score (nSPS) is 10.9. The van der Waals surface area contributed by atoms with E-state index in [1.54, 1.807) is 6.07 Å². The van der Waals surface area contributed by atoms with Crippen molar-refractivity contribution in [3.05, 3.63) is 23.7 Å². The fourth-order valence-electron chi connectivity index (χ4n) is 1.58. The molecule has 0 fully saturated rings. The molecule has 0 radical (unpaired) electrons. The summed E-state index contributed by atoms with van der Waals surface area (Å²) in [6, 6.07) is 1.70. The highest BCUT2D eigenvalue weighted by atomic mass is 16.5. The SMILES string of the molecule is COC(=O)c1coc(CNCCCCOC(C)C)c1. The first-order valence-electron chi connectivity index (χ1n) is 6.61. The summed E-state index contributed by atoms with van der Waals surface area (Å²) in [5.41, 5.74) is 0.449. The second kappa shape index (κ2) is 8.72. The van der Waals surface area contributed by atoms with Crippen molar-refractivity contribution in [2.75, 3.05) is 20.3 Å². The van der Waals surface area contributed by atoms with Gasteiger partial charge in [-0.2, -0.15) is 0 Å². The molecule has 0 aromatic carbocycles. The van der Waals surface area contributed by atoms with E-state index in [2.05, 4.69) is 10.1 Å². The molecule has 19 heavy (non-hydrogen) atoms. The fourth-order valence-corrected chi connectivity index (χ4v) is 1.58. The first-order valence-corrected chi connectivity index (χ1v) is 6.61. The Morgan fingerprint density at radius 2 is 2.21 bits per heavy atom. The molecule has 5 heteroatoms. The number of methoxy groups -OCH3 is 1. The molecule has 0 bridgehead atoms. The predicted molar refractivity (Wildman–Crippen MR) is 72.1 cm³/mol. The Balaban J connectivity index is 2.09. The maximum Gasteiger partial charge on any atom is 0.341 e. The Morgan fingerprint density at radius 1 is 1.42 bits per heavy atom. The van der Waals surface area contributed by atoms with E-state index in [9.17, 15) is 4.79 Å². The van der Waals surface area contributed by atoms with Crippen LogP contribution in [-0.4, -0.2) is 32.3 Å². The first-order chi connectivity index (χ1) is 9.13. The van der Waals surface area contributed by atoms with Crippen LogP contribution >= 0.6 is 0 Å². The van der Waals surface area contributed by atoms with E-state index in [0.29, 0.717) is 18.2 Å². The van der Waals surface area contributed by atoms with Crippen LogP contribution in [0, 0.1) is 0 Å². The Morgan fingerprint density at radius 3 is 2.89 bits per heavy atom. The number of ether oxygens (including phenoxy) is 2. The van der Waals surface area contributed by atoms with Crippen LogP contribution in [0.1, 0.15) is 42.8 Å². The van der Waals surface area contributed by atoms with Crippen molar-refractivity contribution in [3.8, 4) is 0 Å². The number of hydrogen-bond donors (Lipinski definition) is 1. The molecule has 0 aliphatic rings. The number of unbranched alkanes of at least 4 members (excludes halogenated alkanes) is 1. The summed E-state index contributed by atoms with van der Waals surface area (Å²) < 4.78 is 15.3. The third-order valence-electron chi connectivity index (χ3n) is 2.57. The Hall–Kier alpha value is -1.33. The summed E-state index contributed by atoms with van der Waals surface area (Å²) >= 11 is 0. The van der Waals surface area contributed by atoms with E-state index in [1.807, 2.05) is 13.8 Å². The average molecular weight is 269 g/mol. The molecule has 0 saturated heterocycles. The smallest absolute Gasteiger partial charge is 0.341 e. The van der Waals surface area contributed by atoms with E-state index >= 15 is 0 Å². The van der Waals surface area contributed by atoms with Crippen molar-refractivity contribution in [2.24, 2.45) is 0 Å². The van der Waals surface area contributed by atoms with Crippen molar-refractivity contribution in [3.63, 3.8) is 0 Å². The largest absolute Gasteiger partial charge is 0.467 e. The Bertz CT molecular complexity index is 373. The topological polar surface area (TPSA) is 60.7 Å². The molecular weight excluding hydrogens is 246 g/mol. The van der Waals surface area contributed by atoms with E-state index in [-0.39, 0.29) is 5.97 Å². The third-order valence-corrected chi connectivity index (χ3v) is 2.57. The summed E-state index contributed by atoms with van der Waals surface area (Å²) in [6.07, 6.45) is 3.81. The predicted octanol–water partition coefficient (Wildman–Crippen LogP) is 2.36. The van der Waals surface area contributed by atoms with Crippen molar-refractivity contribution in [1.29, 1.82) is 0 Å². The molecule has 0 atom stereocenters. The average Bonchev–Trinajstić information content (AvgIpc) is 2.85. The van der Waals surface area contributed by atoms with E-state index in [4.69, 9.17) is 9.15 Å². The van der Waals surface area contributed by atoms with Gasteiger partial charge in [-0.15, -0.1) is 0 Å². The van der Waals surface area contributed by atoms with Gasteiger partial charge in [-0.25, -0.2) is 4.79 Å². The maximum atomic E-state index is 11.2. The highest BCUT2D eigenvalue weighted by Crippen LogP contribution is 2.08. The van der Waals surface area contributed by atoms with Gasteiger partial charge < -0.3 is 19.2 Å². The standard InChI is InChI=1S/C14H23NO4/c1-11(2)18-7-5-4-6-15-9-13-8-12(10-19-13)14(16)17-3/h8,10-11,15H,4-7,9H2,1-3H3. The summed E-state index contributed by atoms with van der Waals surface area (Å²) in [5, 5.41) is 3.26. The Labute approximate surface area is 114 Å². The van der Waals surface area contributed by atoms with Gasteiger partial charge in [0.25, 0.3) is 0 Å². The number of furan rings is 1. The molecule has 1 aromatic rings. The summed E-state index contributed by atoms with van der Waals surface area (Å²) in [7, 11) is 1.35. The van der Waals surface area contributed by atoms with E-state index < -0.39 is 0 Å². The molecule has 108 valence electrons. The second-order valence-corrected chi connectivity index (χ2v) is 4.60. The van der Waals surface area contributed by atoms with E-state index in [1.165, 1.54) is 13.4 Å². The van der Waals surface area contributed by atoms with Crippen molar-refractivity contribution in [1.82, 2.24) is 5.32 Å². The number of hydrogen-bond acceptors (Lipinski definition) is 5. The minimum atomic E-state index is -0.374. The fraction of sp³-hybridized carbons (Fsp3) is 0.643. The lowest BCUT2D eigenvalue weighted by Crippen LogP contribution is -2.15. The lowest BCUT2D eigenvalue weighted by molar-refractivity contribution is 0.0600. The molecular formula is C14H23NO4. The van der Waals surface area contributed by atoms with Crippen molar-refractivity contribution >= 4 is 5.97 Å². The lowest BCUT2D eigenvalue weighted by atomic mass is 10.3. The number of carbonyl (C=O) groups is 1. The number of nitrogens with one attached hydrogen (secondary N) is 1. The molecule has 1 rings (SSSR count). The zero-order valence-corrected chi connectivity index (χ0v) is 11.9. The van der Waals surface area contributed by atoms with Gasteiger partial charge >= 0.3 is 5.97 Å². The summed E-state index contributed by atoms with van der Waals surface area (Å²) in [4.78, 5) is 11.2. The number of rotatable bonds is 9. The van der Waals surface area contributed by atoms with Crippen LogP contribution in [0.5, 0.6) is 0 Å². The van der Waals surface area contributed by atoms with Crippen molar-refractivity contribution < 1.29 is 18.7 Å². The summed E-state index contributed by atoms with van der Waals surface area (Å²) in [5.74, 6) is 0.361. The third kappa shape index (κ3) is 6.40. The molecule has 0 saturated carbocycles. The molecule has 1 N–H and O–H groups in total. The monoisotopic (exact) mass is 269 g/mol. The van der Waals surface area contributed by atoms with Gasteiger partial charge in [0.15, 0.2) is 0 Å². The van der Waals surface area contributed by atoms with Crippen LogP contribution in [0.4, 0.5) is 0 Å². The number of esters is 1. The van der Waals surface area contributed by atoms with Crippen LogP contribution in [0.25, 0.3) is 0 Å². The lowest BCUT2D eigenvalue weighted by Gasteiger charge is -2.07. The Kier molecular flexibility index (Phi) is 7.22. The van der Waals surface area contributed by atoms with Crippen LogP contribution in [0.3, 0.4) is 0 Å². The zero-order chi connectivity index (χ0) is 14.1.